The molecule has 1 aliphatic rings. The van der Waals surface area contributed by atoms with Crippen molar-refractivity contribution >= 4 is 39.7 Å². The van der Waals surface area contributed by atoms with Crippen LogP contribution in [0, 0.1) is 4.77 Å². The number of anilines is 1. The summed E-state index contributed by atoms with van der Waals surface area (Å²) in [6.45, 7) is 5.12. The van der Waals surface area contributed by atoms with Crippen molar-refractivity contribution in [1.82, 2.24) is 24.2 Å². The van der Waals surface area contributed by atoms with Gasteiger partial charge in [-0.15, -0.1) is 16.4 Å². The van der Waals surface area contributed by atoms with Gasteiger partial charge in [0.25, 0.3) is 0 Å². The smallest absolute Gasteiger partial charge is 0.226 e. The van der Waals surface area contributed by atoms with E-state index in [1.165, 1.54) is 10.3 Å². The molecule has 32 heavy (non-hydrogen) atoms. The summed E-state index contributed by atoms with van der Waals surface area (Å²) in [5.74, 6) is 0.913. The van der Waals surface area contributed by atoms with E-state index in [1.54, 1.807) is 11.3 Å². The van der Waals surface area contributed by atoms with Gasteiger partial charge in [-0.25, -0.2) is 9.67 Å². The van der Waals surface area contributed by atoms with Crippen molar-refractivity contribution in [2.45, 2.75) is 19.8 Å². The SMILES string of the molecule is CN(Cc1nc2ccccc2s1)Cn1nc(N2CCOCC2)n(Cc2ccccc2)c1=S. The van der Waals surface area contributed by atoms with Gasteiger partial charge < -0.3 is 9.64 Å². The summed E-state index contributed by atoms with van der Waals surface area (Å²) in [4.78, 5) is 9.24. The van der Waals surface area contributed by atoms with Crippen LogP contribution in [0.25, 0.3) is 10.2 Å². The molecule has 4 aromatic rings. The quantitative estimate of drug-likeness (QED) is 0.384. The fourth-order valence-corrected chi connectivity index (χ4v) is 5.21. The van der Waals surface area contributed by atoms with E-state index in [-0.39, 0.29) is 0 Å². The standard InChI is InChI=1S/C23H26N6OS2/c1-26(16-21-24-19-9-5-6-10-20(19)32-21)17-29-23(31)28(15-18-7-3-2-4-8-18)22(25-29)27-11-13-30-14-12-27/h2-10H,11-17H2,1H3. The number of nitrogens with zero attached hydrogens (tertiary/aromatic N) is 6. The molecule has 1 fully saturated rings. The molecule has 1 aliphatic heterocycles. The molecule has 0 amide bonds. The minimum atomic E-state index is 0.605. The molecular weight excluding hydrogens is 440 g/mol. The molecule has 3 heterocycles. The molecule has 0 radical (unpaired) electrons. The van der Waals surface area contributed by atoms with Gasteiger partial charge in [-0.05, 0) is 37.0 Å². The molecule has 1 saturated heterocycles. The fourth-order valence-electron chi connectivity index (χ4n) is 3.92. The monoisotopic (exact) mass is 466 g/mol. The molecule has 0 N–H and O–H groups in total. The Morgan fingerprint density at radius 3 is 2.59 bits per heavy atom. The number of thiazole rings is 1. The van der Waals surface area contributed by atoms with Crippen molar-refractivity contribution < 1.29 is 4.74 Å². The molecule has 0 saturated carbocycles. The van der Waals surface area contributed by atoms with Crippen molar-refractivity contribution in [2.75, 3.05) is 38.3 Å². The van der Waals surface area contributed by atoms with Gasteiger partial charge in [-0.1, -0.05) is 42.5 Å². The number of hydrogen-bond acceptors (Lipinski definition) is 7. The molecular formula is C23H26N6OS2. The Morgan fingerprint density at radius 2 is 1.81 bits per heavy atom. The predicted octanol–water partition coefficient (Wildman–Crippen LogP) is 4.00. The summed E-state index contributed by atoms with van der Waals surface area (Å²) in [6.07, 6.45) is 0. The summed E-state index contributed by atoms with van der Waals surface area (Å²) < 4.78 is 11.6. The van der Waals surface area contributed by atoms with E-state index < -0.39 is 0 Å². The number of fused-ring (bicyclic) bond motifs is 1. The average Bonchev–Trinajstić information content (AvgIpc) is 3.36. The lowest BCUT2D eigenvalue weighted by Gasteiger charge is -2.27. The van der Waals surface area contributed by atoms with Gasteiger partial charge in [0.1, 0.15) is 5.01 Å². The fraction of sp³-hybridized carbons (Fsp3) is 0.348. The number of para-hydroxylation sites is 1. The molecule has 2 aromatic carbocycles. The Morgan fingerprint density at radius 1 is 1.06 bits per heavy atom. The van der Waals surface area contributed by atoms with E-state index in [2.05, 4.69) is 63.9 Å². The zero-order valence-electron chi connectivity index (χ0n) is 18.1. The van der Waals surface area contributed by atoms with E-state index in [0.29, 0.717) is 26.4 Å². The lowest BCUT2D eigenvalue weighted by atomic mass is 10.2. The van der Waals surface area contributed by atoms with Crippen molar-refractivity contribution in [1.29, 1.82) is 0 Å². The molecule has 0 aliphatic carbocycles. The summed E-state index contributed by atoms with van der Waals surface area (Å²) >= 11 is 7.62. The van der Waals surface area contributed by atoms with Crippen LogP contribution in [0.3, 0.4) is 0 Å². The van der Waals surface area contributed by atoms with Crippen LogP contribution in [-0.4, -0.2) is 57.6 Å². The zero-order valence-corrected chi connectivity index (χ0v) is 19.7. The van der Waals surface area contributed by atoms with E-state index in [1.807, 2.05) is 16.8 Å². The Balaban J connectivity index is 1.39. The highest BCUT2D eigenvalue weighted by Crippen LogP contribution is 2.23. The lowest BCUT2D eigenvalue weighted by Crippen LogP contribution is -2.38. The lowest BCUT2D eigenvalue weighted by molar-refractivity contribution is 0.121. The van der Waals surface area contributed by atoms with Crippen LogP contribution in [-0.2, 0) is 24.5 Å². The highest BCUT2D eigenvalue weighted by atomic mass is 32.1. The van der Waals surface area contributed by atoms with Crippen LogP contribution < -0.4 is 4.90 Å². The first-order chi connectivity index (χ1) is 15.7. The number of benzene rings is 2. The highest BCUT2D eigenvalue weighted by Gasteiger charge is 2.21. The van der Waals surface area contributed by atoms with E-state index in [4.69, 9.17) is 27.0 Å². The van der Waals surface area contributed by atoms with Gasteiger partial charge in [0.05, 0.1) is 43.2 Å². The highest BCUT2D eigenvalue weighted by molar-refractivity contribution is 7.71. The second-order valence-electron chi connectivity index (χ2n) is 7.98. The molecule has 0 atom stereocenters. The van der Waals surface area contributed by atoms with Crippen LogP contribution in [0.1, 0.15) is 10.6 Å². The predicted molar refractivity (Wildman–Crippen MR) is 131 cm³/mol. The molecule has 7 nitrogen and oxygen atoms in total. The summed E-state index contributed by atoms with van der Waals surface area (Å²) in [7, 11) is 2.08. The summed E-state index contributed by atoms with van der Waals surface area (Å²) in [5.41, 5.74) is 2.26. The van der Waals surface area contributed by atoms with Gasteiger partial charge in [0.2, 0.25) is 10.7 Å². The zero-order chi connectivity index (χ0) is 21.9. The minimum Gasteiger partial charge on any atom is -0.378 e. The second-order valence-corrected chi connectivity index (χ2v) is 9.46. The van der Waals surface area contributed by atoms with Crippen LogP contribution in [0.15, 0.2) is 54.6 Å². The topological polar surface area (TPSA) is 51.4 Å². The third-order valence-corrected chi connectivity index (χ3v) is 6.95. The van der Waals surface area contributed by atoms with Crippen LogP contribution in [0.2, 0.25) is 0 Å². The van der Waals surface area contributed by atoms with Crippen LogP contribution in [0.4, 0.5) is 5.95 Å². The maximum Gasteiger partial charge on any atom is 0.226 e. The molecule has 0 unspecified atom stereocenters. The first kappa shape index (κ1) is 21.3. The van der Waals surface area contributed by atoms with Gasteiger partial charge in [0, 0.05) is 13.1 Å². The van der Waals surface area contributed by atoms with Gasteiger partial charge in [-0.3, -0.25) is 9.47 Å². The Labute approximate surface area is 196 Å². The Kier molecular flexibility index (Phi) is 6.31. The minimum absolute atomic E-state index is 0.605. The first-order valence-corrected chi connectivity index (χ1v) is 12.0. The van der Waals surface area contributed by atoms with Crippen LogP contribution in [0.5, 0.6) is 0 Å². The molecule has 9 heteroatoms. The number of hydrogen-bond donors (Lipinski definition) is 0. The van der Waals surface area contributed by atoms with Gasteiger partial charge >= 0.3 is 0 Å². The normalized spacial score (nSPS) is 14.5. The van der Waals surface area contributed by atoms with E-state index >= 15 is 0 Å². The average molecular weight is 467 g/mol. The molecule has 5 rings (SSSR count). The first-order valence-electron chi connectivity index (χ1n) is 10.7. The largest absolute Gasteiger partial charge is 0.378 e. The number of aromatic nitrogens is 4. The van der Waals surface area contributed by atoms with Crippen molar-refractivity contribution in [2.24, 2.45) is 0 Å². The van der Waals surface area contributed by atoms with Gasteiger partial charge in [-0.2, -0.15) is 0 Å². The Bertz CT molecular complexity index is 1210. The Hall–Kier alpha value is -2.59. The third-order valence-electron chi connectivity index (χ3n) is 5.50. The number of ether oxygens (including phenoxy) is 1. The third kappa shape index (κ3) is 4.61. The van der Waals surface area contributed by atoms with E-state index in [9.17, 15) is 0 Å². The number of rotatable bonds is 7. The molecule has 2 aromatic heterocycles. The summed E-state index contributed by atoms with van der Waals surface area (Å²) in [5, 5.41) is 6.04. The van der Waals surface area contributed by atoms with Crippen molar-refractivity contribution in [3.05, 3.63) is 69.9 Å². The summed E-state index contributed by atoms with van der Waals surface area (Å²) in [6, 6.07) is 18.7. The maximum absolute atomic E-state index is 5.88. The van der Waals surface area contributed by atoms with Crippen LogP contribution >= 0.6 is 23.6 Å². The van der Waals surface area contributed by atoms with E-state index in [0.717, 1.165) is 40.9 Å². The second kappa shape index (κ2) is 9.50. The molecule has 166 valence electrons. The number of morpholine rings is 1. The van der Waals surface area contributed by atoms with Gasteiger partial charge in [0.15, 0.2) is 0 Å². The van der Waals surface area contributed by atoms with Crippen molar-refractivity contribution in [3.8, 4) is 0 Å². The molecule has 0 bridgehead atoms. The van der Waals surface area contributed by atoms with Crippen molar-refractivity contribution in [3.63, 3.8) is 0 Å². The maximum atomic E-state index is 5.88. The molecule has 0 spiro atoms.